The van der Waals surface area contributed by atoms with Crippen molar-refractivity contribution >= 4 is 11.8 Å². The van der Waals surface area contributed by atoms with Crippen molar-refractivity contribution in [2.24, 2.45) is 0 Å². The smallest absolute Gasteiger partial charge is 0.246 e. The maximum Gasteiger partial charge on any atom is 0.246 e. The van der Waals surface area contributed by atoms with Crippen LogP contribution in [0.4, 0.5) is 0 Å². The second-order valence-corrected chi connectivity index (χ2v) is 6.45. The van der Waals surface area contributed by atoms with Crippen LogP contribution in [0.25, 0.3) is 0 Å². The van der Waals surface area contributed by atoms with E-state index in [1.54, 1.807) is 16.8 Å². The predicted octanol–water partition coefficient (Wildman–Crippen LogP) is 0.788. The third-order valence-corrected chi connectivity index (χ3v) is 4.80. The molecule has 3 rings (SSSR count). The third kappa shape index (κ3) is 2.73. The summed E-state index contributed by atoms with van der Waals surface area (Å²) < 4.78 is 0. The number of rotatable bonds is 2. The van der Waals surface area contributed by atoms with Crippen molar-refractivity contribution in [2.45, 2.75) is 26.4 Å². The van der Waals surface area contributed by atoms with Crippen molar-refractivity contribution in [1.29, 1.82) is 0 Å². The average Bonchev–Trinajstić information content (AvgIpc) is 2.49. The van der Waals surface area contributed by atoms with Gasteiger partial charge in [0.15, 0.2) is 0 Å². The van der Waals surface area contributed by atoms with Gasteiger partial charge >= 0.3 is 0 Å². The van der Waals surface area contributed by atoms with Gasteiger partial charge < -0.3 is 9.80 Å². The van der Waals surface area contributed by atoms with Crippen molar-refractivity contribution in [3.8, 4) is 0 Å². The molecule has 0 saturated carbocycles. The van der Waals surface area contributed by atoms with Crippen LogP contribution in [-0.4, -0.2) is 65.8 Å². The van der Waals surface area contributed by atoms with Crippen LogP contribution in [0.3, 0.4) is 0 Å². The van der Waals surface area contributed by atoms with Crippen LogP contribution < -0.4 is 0 Å². The fraction of sp³-hybridized carbons (Fsp3) is 0.529. The first-order chi connectivity index (χ1) is 10.5. The summed E-state index contributed by atoms with van der Waals surface area (Å²) in [5.41, 5.74) is 3.85. The maximum absolute atomic E-state index is 12.3. The third-order valence-electron chi connectivity index (χ3n) is 4.80. The number of hydrogen-bond donors (Lipinski definition) is 0. The van der Waals surface area contributed by atoms with Crippen LogP contribution in [0.2, 0.25) is 0 Å². The molecule has 2 amide bonds. The zero-order valence-electron chi connectivity index (χ0n) is 13.5. The molecule has 1 aromatic rings. The molecule has 2 aliphatic heterocycles. The fourth-order valence-electron chi connectivity index (χ4n) is 3.28. The summed E-state index contributed by atoms with van der Waals surface area (Å²) in [5, 5.41) is 0. The molecule has 0 unspecified atom stereocenters. The van der Waals surface area contributed by atoms with Crippen LogP contribution in [0.15, 0.2) is 18.2 Å². The maximum atomic E-state index is 12.3. The average molecular weight is 301 g/mol. The lowest BCUT2D eigenvalue weighted by Crippen LogP contribution is -2.65. The Morgan fingerprint density at radius 1 is 1.14 bits per heavy atom. The zero-order valence-corrected chi connectivity index (χ0v) is 13.5. The normalized spacial score (nSPS) is 23.0. The highest BCUT2D eigenvalue weighted by Gasteiger charge is 2.41. The monoisotopic (exact) mass is 301 g/mol. The summed E-state index contributed by atoms with van der Waals surface area (Å²) in [7, 11) is 1.71. The zero-order chi connectivity index (χ0) is 15.9. The standard InChI is InChI=1S/C17H23N3O2/c1-12-4-5-14(8-13(12)2)9-19-6-7-20-15(10-19)17(22)18(3)11-16(20)21/h4-5,8,15H,6-7,9-11H2,1-3H3/t15-/m1/s1. The predicted molar refractivity (Wildman–Crippen MR) is 84.3 cm³/mol. The van der Waals surface area contributed by atoms with Gasteiger partial charge in [-0.25, -0.2) is 0 Å². The van der Waals surface area contributed by atoms with Gasteiger partial charge in [-0.15, -0.1) is 0 Å². The van der Waals surface area contributed by atoms with E-state index >= 15 is 0 Å². The molecular weight excluding hydrogens is 278 g/mol. The first-order valence-electron chi connectivity index (χ1n) is 7.78. The summed E-state index contributed by atoms with van der Waals surface area (Å²) >= 11 is 0. The SMILES string of the molecule is Cc1ccc(CN2CCN3C(=O)CN(C)C(=O)[C@H]3C2)cc1C. The first-order valence-corrected chi connectivity index (χ1v) is 7.78. The number of amides is 2. The Morgan fingerprint density at radius 3 is 2.64 bits per heavy atom. The number of fused-ring (bicyclic) bond motifs is 1. The summed E-state index contributed by atoms with van der Waals surface area (Å²) in [6, 6.07) is 6.19. The van der Waals surface area contributed by atoms with E-state index in [1.807, 2.05) is 0 Å². The molecule has 118 valence electrons. The topological polar surface area (TPSA) is 43.9 Å². The molecule has 5 nitrogen and oxygen atoms in total. The second kappa shape index (κ2) is 5.72. The van der Waals surface area contributed by atoms with Crippen molar-refractivity contribution in [3.05, 3.63) is 34.9 Å². The largest absolute Gasteiger partial charge is 0.335 e. The Kier molecular flexibility index (Phi) is 3.91. The summed E-state index contributed by atoms with van der Waals surface area (Å²) in [6.07, 6.45) is 0. The Morgan fingerprint density at radius 2 is 1.91 bits per heavy atom. The van der Waals surface area contributed by atoms with Gasteiger partial charge in [0.2, 0.25) is 11.8 Å². The molecule has 2 heterocycles. The number of piperazine rings is 2. The van der Waals surface area contributed by atoms with E-state index in [0.717, 1.165) is 13.1 Å². The summed E-state index contributed by atoms with van der Waals surface area (Å²) in [4.78, 5) is 29.9. The van der Waals surface area contributed by atoms with Crippen LogP contribution in [0, 0.1) is 13.8 Å². The number of likely N-dealkylation sites (N-methyl/N-ethyl adjacent to an activating group) is 1. The second-order valence-electron chi connectivity index (χ2n) is 6.45. The molecule has 0 N–H and O–H groups in total. The Labute approximate surface area is 131 Å². The van der Waals surface area contributed by atoms with Crippen LogP contribution in [-0.2, 0) is 16.1 Å². The molecule has 2 aliphatic rings. The van der Waals surface area contributed by atoms with Crippen molar-refractivity contribution in [2.75, 3.05) is 33.2 Å². The molecule has 0 aromatic heterocycles. The lowest BCUT2D eigenvalue weighted by Gasteiger charge is -2.45. The van der Waals surface area contributed by atoms with Gasteiger partial charge in [0.25, 0.3) is 0 Å². The van der Waals surface area contributed by atoms with Gasteiger partial charge in [0.05, 0.1) is 6.54 Å². The molecule has 0 bridgehead atoms. The number of hydrogen-bond acceptors (Lipinski definition) is 3. The molecule has 5 heteroatoms. The highest BCUT2D eigenvalue weighted by Crippen LogP contribution is 2.19. The van der Waals surface area contributed by atoms with E-state index in [9.17, 15) is 9.59 Å². The first kappa shape index (κ1) is 15.0. The minimum absolute atomic E-state index is 0.0596. The highest BCUT2D eigenvalue weighted by atomic mass is 16.2. The van der Waals surface area contributed by atoms with Crippen molar-refractivity contribution in [1.82, 2.24) is 14.7 Å². The fourth-order valence-corrected chi connectivity index (χ4v) is 3.28. The molecule has 2 fully saturated rings. The lowest BCUT2D eigenvalue weighted by atomic mass is 10.0. The van der Waals surface area contributed by atoms with Crippen molar-refractivity contribution < 1.29 is 9.59 Å². The van der Waals surface area contributed by atoms with E-state index in [-0.39, 0.29) is 24.4 Å². The Balaban J connectivity index is 1.71. The Bertz CT molecular complexity index is 614. The number of benzene rings is 1. The van der Waals surface area contributed by atoms with E-state index in [0.29, 0.717) is 13.1 Å². The van der Waals surface area contributed by atoms with Gasteiger partial charge in [0, 0.05) is 33.2 Å². The molecule has 2 saturated heterocycles. The quantitative estimate of drug-likeness (QED) is 0.811. The number of aryl methyl sites for hydroxylation is 2. The van der Waals surface area contributed by atoms with Gasteiger partial charge in [-0.2, -0.15) is 0 Å². The van der Waals surface area contributed by atoms with E-state index in [4.69, 9.17) is 0 Å². The molecule has 0 aliphatic carbocycles. The molecule has 0 radical (unpaired) electrons. The van der Waals surface area contributed by atoms with Crippen LogP contribution in [0.1, 0.15) is 16.7 Å². The number of carbonyl (C=O) groups excluding carboxylic acids is 2. The van der Waals surface area contributed by atoms with Crippen molar-refractivity contribution in [3.63, 3.8) is 0 Å². The molecule has 0 spiro atoms. The van der Waals surface area contributed by atoms with E-state index < -0.39 is 0 Å². The summed E-state index contributed by atoms with van der Waals surface area (Å²) in [6.45, 7) is 7.38. The van der Waals surface area contributed by atoms with Gasteiger partial charge in [-0.3, -0.25) is 14.5 Å². The molecule has 22 heavy (non-hydrogen) atoms. The van der Waals surface area contributed by atoms with Gasteiger partial charge in [-0.05, 0) is 30.5 Å². The number of nitrogens with zero attached hydrogens (tertiary/aromatic N) is 3. The molecule has 1 aromatic carbocycles. The van der Waals surface area contributed by atoms with Crippen LogP contribution >= 0.6 is 0 Å². The lowest BCUT2D eigenvalue weighted by molar-refractivity contribution is -0.158. The van der Waals surface area contributed by atoms with Gasteiger partial charge in [-0.1, -0.05) is 18.2 Å². The minimum atomic E-state index is -0.313. The van der Waals surface area contributed by atoms with Crippen LogP contribution in [0.5, 0.6) is 0 Å². The number of carbonyl (C=O) groups is 2. The summed E-state index contributed by atoms with van der Waals surface area (Å²) in [5.74, 6) is 0.127. The van der Waals surface area contributed by atoms with Gasteiger partial charge in [0.1, 0.15) is 6.04 Å². The minimum Gasteiger partial charge on any atom is -0.335 e. The highest BCUT2D eigenvalue weighted by molar-refractivity contribution is 5.95. The Hall–Kier alpha value is -1.88. The van der Waals surface area contributed by atoms with E-state index in [1.165, 1.54) is 16.7 Å². The molecular formula is C17H23N3O2. The van der Waals surface area contributed by atoms with E-state index in [2.05, 4.69) is 36.9 Å². The molecule has 1 atom stereocenters.